The van der Waals surface area contributed by atoms with Gasteiger partial charge in [-0.3, -0.25) is 0 Å². The van der Waals surface area contributed by atoms with Crippen LogP contribution in [-0.2, 0) is 31.8 Å². The van der Waals surface area contributed by atoms with Crippen molar-refractivity contribution >= 4 is 10.0 Å². The van der Waals surface area contributed by atoms with Crippen LogP contribution < -0.4 is 10.5 Å². The minimum Gasteiger partial charge on any atom is -0.382 e. The summed E-state index contributed by atoms with van der Waals surface area (Å²) in [4.78, 5) is 0. The molecule has 0 amide bonds. The van der Waals surface area contributed by atoms with Crippen LogP contribution in [0.15, 0.2) is 24.3 Å². The van der Waals surface area contributed by atoms with Gasteiger partial charge < -0.3 is 15.2 Å². The number of benzene rings is 1. The molecule has 0 saturated carbocycles. The molecule has 0 aromatic heterocycles. The van der Waals surface area contributed by atoms with Gasteiger partial charge in [0.15, 0.2) is 0 Å². The van der Waals surface area contributed by atoms with E-state index in [1.54, 1.807) is 25.3 Å². The topological polar surface area (TPSA) is 90.6 Å². The fourth-order valence-electron chi connectivity index (χ4n) is 1.63. The maximum Gasteiger partial charge on any atom is 0.215 e. The molecule has 0 radical (unpaired) electrons. The lowest BCUT2D eigenvalue weighted by atomic mass is 10.1. The number of nitrogens with one attached hydrogen (secondary N) is 1. The monoisotopic (exact) mass is 302 g/mol. The lowest BCUT2D eigenvalue weighted by Crippen LogP contribution is -2.29. The Hall–Kier alpha value is -0.990. The molecule has 0 aliphatic rings. The lowest BCUT2D eigenvalue weighted by molar-refractivity contribution is 0.0736. The number of sulfonamides is 1. The number of nitrogens with two attached hydrogens (primary N) is 1. The van der Waals surface area contributed by atoms with Gasteiger partial charge in [0.2, 0.25) is 10.0 Å². The largest absolute Gasteiger partial charge is 0.382 e. The molecule has 7 heteroatoms. The molecular weight excluding hydrogens is 280 g/mol. The molecule has 6 nitrogen and oxygen atoms in total. The molecule has 20 heavy (non-hydrogen) atoms. The van der Waals surface area contributed by atoms with Gasteiger partial charge in [-0.2, -0.15) is 0 Å². The molecule has 3 N–H and O–H groups in total. The Morgan fingerprint density at radius 2 is 1.95 bits per heavy atom. The first-order valence-corrected chi connectivity index (χ1v) is 8.04. The Balaban J connectivity index is 2.37. The van der Waals surface area contributed by atoms with E-state index in [2.05, 4.69) is 4.72 Å². The molecule has 0 aliphatic carbocycles. The number of ether oxygens (including phenoxy) is 2. The van der Waals surface area contributed by atoms with E-state index < -0.39 is 10.0 Å². The maximum atomic E-state index is 11.9. The molecule has 0 atom stereocenters. The van der Waals surface area contributed by atoms with E-state index in [1.807, 2.05) is 6.07 Å². The summed E-state index contributed by atoms with van der Waals surface area (Å²) in [6.45, 7) is 1.93. The standard InChI is InChI=1S/C13H22N2O4S/c1-18-7-8-19-6-5-15-20(16,17)11-13-4-2-3-12(9-13)10-14/h2-4,9,15H,5-8,10-11,14H2,1H3. The average Bonchev–Trinajstić information content (AvgIpc) is 2.42. The Morgan fingerprint density at radius 3 is 2.65 bits per heavy atom. The zero-order chi connectivity index (χ0) is 14.8. The van der Waals surface area contributed by atoms with Crippen molar-refractivity contribution in [3.8, 4) is 0 Å². The van der Waals surface area contributed by atoms with Gasteiger partial charge in [0.05, 0.1) is 25.6 Å². The molecule has 1 aromatic carbocycles. The smallest absolute Gasteiger partial charge is 0.215 e. The zero-order valence-electron chi connectivity index (χ0n) is 11.7. The quantitative estimate of drug-likeness (QED) is 0.604. The van der Waals surface area contributed by atoms with Crippen molar-refractivity contribution in [3.63, 3.8) is 0 Å². The van der Waals surface area contributed by atoms with Crippen molar-refractivity contribution in [1.29, 1.82) is 0 Å². The van der Waals surface area contributed by atoms with Crippen LogP contribution in [0.25, 0.3) is 0 Å². The Labute approximate surface area is 120 Å². The molecule has 114 valence electrons. The second-order valence-electron chi connectivity index (χ2n) is 4.28. The number of hydrogen-bond acceptors (Lipinski definition) is 5. The van der Waals surface area contributed by atoms with Gasteiger partial charge in [-0.1, -0.05) is 24.3 Å². The number of methoxy groups -OCH3 is 1. The maximum absolute atomic E-state index is 11.9. The minimum atomic E-state index is -3.35. The van der Waals surface area contributed by atoms with E-state index in [0.717, 1.165) is 11.1 Å². The lowest BCUT2D eigenvalue weighted by Gasteiger charge is -2.08. The molecular formula is C13H22N2O4S. The summed E-state index contributed by atoms with van der Waals surface area (Å²) in [7, 11) is -1.77. The van der Waals surface area contributed by atoms with Crippen molar-refractivity contribution in [2.24, 2.45) is 5.73 Å². The Kier molecular flexibility index (Phi) is 7.71. The van der Waals surface area contributed by atoms with Crippen molar-refractivity contribution in [2.45, 2.75) is 12.3 Å². The van der Waals surface area contributed by atoms with Crippen molar-refractivity contribution in [2.75, 3.05) is 33.5 Å². The molecule has 0 spiro atoms. The summed E-state index contributed by atoms with van der Waals surface area (Å²) in [5, 5.41) is 0. The number of rotatable bonds is 10. The second-order valence-corrected chi connectivity index (χ2v) is 6.09. The van der Waals surface area contributed by atoms with Gasteiger partial charge in [-0.05, 0) is 11.1 Å². The van der Waals surface area contributed by atoms with Crippen LogP contribution in [0.3, 0.4) is 0 Å². The summed E-state index contributed by atoms with van der Waals surface area (Å²) in [5.74, 6) is -0.0566. The van der Waals surface area contributed by atoms with Gasteiger partial charge in [0.1, 0.15) is 0 Å². The first-order valence-electron chi connectivity index (χ1n) is 6.39. The molecule has 0 heterocycles. The molecule has 1 aromatic rings. The average molecular weight is 302 g/mol. The Morgan fingerprint density at radius 1 is 1.20 bits per heavy atom. The predicted molar refractivity (Wildman–Crippen MR) is 77.7 cm³/mol. The number of hydrogen-bond donors (Lipinski definition) is 2. The van der Waals surface area contributed by atoms with Crippen LogP contribution in [0.1, 0.15) is 11.1 Å². The van der Waals surface area contributed by atoms with Gasteiger partial charge in [0, 0.05) is 20.2 Å². The highest BCUT2D eigenvalue weighted by molar-refractivity contribution is 7.88. The molecule has 0 aliphatic heterocycles. The third-order valence-corrected chi connectivity index (χ3v) is 3.94. The first kappa shape index (κ1) is 17.1. The van der Waals surface area contributed by atoms with E-state index in [0.29, 0.717) is 26.4 Å². The summed E-state index contributed by atoms with van der Waals surface area (Å²) in [6, 6.07) is 7.25. The molecule has 0 fully saturated rings. The molecule has 1 rings (SSSR count). The highest BCUT2D eigenvalue weighted by Gasteiger charge is 2.11. The zero-order valence-corrected chi connectivity index (χ0v) is 12.5. The van der Waals surface area contributed by atoms with Gasteiger partial charge in [0.25, 0.3) is 0 Å². The van der Waals surface area contributed by atoms with Gasteiger partial charge in [-0.15, -0.1) is 0 Å². The van der Waals surface area contributed by atoms with Crippen molar-refractivity contribution in [1.82, 2.24) is 4.72 Å². The van der Waals surface area contributed by atoms with Crippen LogP contribution in [0.2, 0.25) is 0 Å². The SMILES string of the molecule is COCCOCCNS(=O)(=O)Cc1cccc(CN)c1. The van der Waals surface area contributed by atoms with Crippen LogP contribution in [-0.4, -0.2) is 41.9 Å². The van der Waals surface area contributed by atoms with Crippen LogP contribution >= 0.6 is 0 Å². The van der Waals surface area contributed by atoms with Crippen LogP contribution in [0, 0.1) is 0 Å². The molecule has 0 unspecified atom stereocenters. The van der Waals surface area contributed by atoms with Crippen molar-refractivity contribution < 1.29 is 17.9 Å². The van der Waals surface area contributed by atoms with Gasteiger partial charge in [-0.25, -0.2) is 13.1 Å². The fraction of sp³-hybridized carbons (Fsp3) is 0.538. The van der Waals surface area contributed by atoms with Gasteiger partial charge >= 0.3 is 0 Å². The van der Waals surface area contributed by atoms with E-state index >= 15 is 0 Å². The highest BCUT2D eigenvalue weighted by atomic mass is 32.2. The fourth-order valence-corrected chi connectivity index (χ4v) is 2.75. The molecule has 0 saturated heterocycles. The third kappa shape index (κ3) is 6.97. The summed E-state index contributed by atoms with van der Waals surface area (Å²) >= 11 is 0. The second kappa shape index (κ2) is 9.04. The minimum absolute atomic E-state index is 0.0566. The molecule has 0 bridgehead atoms. The predicted octanol–water partition coefficient (Wildman–Crippen LogP) is 0.228. The van der Waals surface area contributed by atoms with Crippen LogP contribution in [0.5, 0.6) is 0 Å². The van der Waals surface area contributed by atoms with E-state index in [1.165, 1.54) is 0 Å². The van der Waals surface area contributed by atoms with E-state index in [-0.39, 0.29) is 12.3 Å². The summed E-state index contributed by atoms with van der Waals surface area (Å²) in [5.41, 5.74) is 7.17. The highest BCUT2D eigenvalue weighted by Crippen LogP contribution is 2.08. The Bertz CT molecular complexity index is 491. The van der Waals surface area contributed by atoms with E-state index in [9.17, 15) is 8.42 Å². The summed E-state index contributed by atoms with van der Waals surface area (Å²) in [6.07, 6.45) is 0. The third-order valence-electron chi connectivity index (χ3n) is 2.58. The van der Waals surface area contributed by atoms with Crippen LogP contribution in [0.4, 0.5) is 0 Å². The normalized spacial score (nSPS) is 11.7. The first-order chi connectivity index (χ1) is 9.57. The summed E-state index contributed by atoms with van der Waals surface area (Å²) < 4.78 is 36.2. The van der Waals surface area contributed by atoms with E-state index in [4.69, 9.17) is 15.2 Å². The van der Waals surface area contributed by atoms with Crippen molar-refractivity contribution in [3.05, 3.63) is 35.4 Å².